The van der Waals surface area contributed by atoms with Gasteiger partial charge in [-0.2, -0.15) is 0 Å². The second kappa shape index (κ2) is 11.5. The number of thioether (sulfide) groups is 1. The van der Waals surface area contributed by atoms with Gasteiger partial charge in [0.2, 0.25) is 0 Å². The summed E-state index contributed by atoms with van der Waals surface area (Å²) in [5, 5.41) is 4.04. The molecule has 2 aromatic carbocycles. The maximum absolute atomic E-state index is 12.6. The van der Waals surface area contributed by atoms with Crippen molar-refractivity contribution in [3.8, 4) is 0 Å². The van der Waals surface area contributed by atoms with Gasteiger partial charge in [-0.25, -0.2) is 4.98 Å². The van der Waals surface area contributed by atoms with Crippen molar-refractivity contribution in [3.63, 3.8) is 0 Å². The van der Waals surface area contributed by atoms with Gasteiger partial charge in [-0.1, -0.05) is 60.6 Å². The van der Waals surface area contributed by atoms with Gasteiger partial charge in [0.05, 0.1) is 23.8 Å². The van der Waals surface area contributed by atoms with Crippen LogP contribution < -0.4 is 5.32 Å². The summed E-state index contributed by atoms with van der Waals surface area (Å²) in [6.07, 6.45) is 7.52. The van der Waals surface area contributed by atoms with Crippen LogP contribution >= 0.6 is 11.8 Å². The summed E-state index contributed by atoms with van der Waals surface area (Å²) in [7, 11) is 0. The molecule has 6 nitrogen and oxygen atoms in total. The van der Waals surface area contributed by atoms with Gasteiger partial charge in [-0.05, 0) is 55.3 Å². The molecule has 5 rings (SSSR count). The summed E-state index contributed by atoms with van der Waals surface area (Å²) in [5.41, 5.74) is 5.05. The van der Waals surface area contributed by atoms with Crippen molar-refractivity contribution in [2.75, 3.05) is 26.2 Å². The highest BCUT2D eigenvalue weighted by molar-refractivity contribution is 7.98. The molecule has 1 saturated heterocycles. The number of nitrogens with zero attached hydrogens (tertiary/aromatic N) is 4. The first-order valence-electron chi connectivity index (χ1n) is 12.3. The second-order valence-corrected chi connectivity index (χ2v) is 9.92. The van der Waals surface area contributed by atoms with Crippen LogP contribution in [0, 0.1) is 0 Å². The molecule has 0 spiro atoms. The maximum Gasteiger partial charge on any atom is 0.251 e. The summed E-state index contributed by atoms with van der Waals surface area (Å²) < 4.78 is 2.21. The van der Waals surface area contributed by atoms with E-state index in [4.69, 9.17) is 4.98 Å². The Morgan fingerprint density at radius 3 is 2.54 bits per heavy atom. The van der Waals surface area contributed by atoms with E-state index in [1.807, 2.05) is 42.6 Å². The summed E-state index contributed by atoms with van der Waals surface area (Å²) >= 11 is 1.73. The topological polar surface area (TPSA) is 63.1 Å². The number of likely N-dealkylation sites (tertiary alicyclic amines) is 1. The van der Waals surface area contributed by atoms with Gasteiger partial charge in [-0.3, -0.25) is 9.78 Å². The minimum Gasteiger partial charge on any atom is -0.351 e. The van der Waals surface area contributed by atoms with Crippen LogP contribution in [0.3, 0.4) is 0 Å². The number of carbonyl (C=O) groups excluding carboxylic acids is 1. The van der Waals surface area contributed by atoms with Gasteiger partial charge in [0.15, 0.2) is 5.16 Å². The quantitative estimate of drug-likeness (QED) is 0.339. The smallest absolute Gasteiger partial charge is 0.251 e. The van der Waals surface area contributed by atoms with E-state index in [9.17, 15) is 4.79 Å². The molecule has 0 aliphatic carbocycles. The fourth-order valence-corrected chi connectivity index (χ4v) is 5.46. The van der Waals surface area contributed by atoms with Crippen molar-refractivity contribution < 1.29 is 4.79 Å². The highest BCUT2D eigenvalue weighted by Crippen LogP contribution is 2.27. The average Bonchev–Trinajstić information content (AvgIpc) is 3.26. The average molecular weight is 486 g/mol. The van der Waals surface area contributed by atoms with Crippen LogP contribution in [-0.4, -0.2) is 51.5 Å². The van der Waals surface area contributed by atoms with Gasteiger partial charge >= 0.3 is 0 Å². The molecule has 0 radical (unpaired) electrons. The largest absolute Gasteiger partial charge is 0.351 e. The van der Waals surface area contributed by atoms with Gasteiger partial charge in [0.25, 0.3) is 5.91 Å². The van der Waals surface area contributed by atoms with E-state index >= 15 is 0 Å². The number of fused-ring (bicyclic) bond motifs is 1. The molecule has 1 aliphatic heterocycles. The molecule has 2 aromatic heterocycles. The lowest BCUT2D eigenvalue weighted by Crippen LogP contribution is -2.37. The standard InChI is InChI=1S/C28H31N5OS/c34-27(30-15-18-32-16-5-2-6-17-32)24-11-9-22(10-12-24)20-33-26-19-29-14-13-25(26)31-28(33)35-21-23-7-3-1-4-8-23/h1,3-4,7-14,19H,2,5-6,15-18,20-21H2,(H,30,34). The molecule has 0 saturated carbocycles. The Kier molecular flexibility index (Phi) is 7.75. The first-order chi connectivity index (χ1) is 17.3. The molecule has 7 heteroatoms. The predicted molar refractivity (Wildman–Crippen MR) is 142 cm³/mol. The Labute approximate surface area is 210 Å². The molecule has 1 N–H and O–H groups in total. The van der Waals surface area contributed by atoms with Gasteiger partial charge < -0.3 is 14.8 Å². The van der Waals surface area contributed by atoms with E-state index in [1.165, 1.54) is 24.8 Å². The third-order valence-corrected chi connectivity index (χ3v) is 7.49. The zero-order valence-corrected chi connectivity index (χ0v) is 20.7. The number of piperidine rings is 1. The van der Waals surface area contributed by atoms with Crippen molar-refractivity contribution >= 4 is 28.7 Å². The first-order valence-corrected chi connectivity index (χ1v) is 13.3. The predicted octanol–water partition coefficient (Wildman–Crippen LogP) is 4.99. The van der Waals surface area contributed by atoms with Crippen LogP contribution in [0.25, 0.3) is 11.0 Å². The van der Waals surface area contributed by atoms with Crippen molar-refractivity contribution in [1.29, 1.82) is 0 Å². The van der Waals surface area contributed by atoms with Crippen molar-refractivity contribution in [2.24, 2.45) is 0 Å². The van der Waals surface area contributed by atoms with Gasteiger partial charge in [0.1, 0.15) is 0 Å². The van der Waals surface area contributed by atoms with Crippen LogP contribution in [0.15, 0.2) is 78.2 Å². The Morgan fingerprint density at radius 2 is 1.74 bits per heavy atom. The zero-order valence-electron chi connectivity index (χ0n) is 19.9. The monoisotopic (exact) mass is 485 g/mol. The summed E-state index contributed by atoms with van der Waals surface area (Å²) in [4.78, 5) is 24.2. The molecule has 35 heavy (non-hydrogen) atoms. The van der Waals surface area contributed by atoms with Gasteiger partial charge in [0, 0.05) is 30.6 Å². The summed E-state index contributed by atoms with van der Waals surface area (Å²) in [5.74, 6) is 0.846. The number of nitrogens with one attached hydrogen (secondary N) is 1. The lowest BCUT2D eigenvalue weighted by atomic mass is 10.1. The molecule has 1 fully saturated rings. The Morgan fingerprint density at radius 1 is 0.943 bits per heavy atom. The number of hydrogen-bond donors (Lipinski definition) is 1. The van der Waals surface area contributed by atoms with E-state index in [-0.39, 0.29) is 5.91 Å². The van der Waals surface area contributed by atoms with E-state index in [2.05, 4.69) is 44.0 Å². The minimum atomic E-state index is -0.00931. The molecule has 1 amide bonds. The third-order valence-electron chi connectivity index (χ3n) is 6.45. The van der Waals surface area contributed by atoms with Crippen LogP contribution in [0.5, 0.6) is 0 Å². The molecule has 180 valence electrons. The Bertz CT molecular complexity index is 1250. The number of rotatable bonds is 9. The van der Waals surface area contributed by atoms with Crippen molar-refractivity contribution in [3.05, 3.63) is 89.7 Å². The molecule has 0 unspecified atom stereocenters. The summed E-state index contributed by atoms with van der Waals surface area (Å²) in [6, 6.07) is 20.3. The fourth-order valence-electron chi connectivity index (χ4n) is 4.49. The number of pyridine rings is 1. The molecule has 0 bridgehead atoms. The Hall–Kier alpha value is -3.16. The van der Waals surface area contributed by atoms with E-state index in [1.54, 1.807) is 18.0 Å². The molecular formula is C28H31N5OS. The van der Waals surface area contributed by atoms with Crippen LogP contribution in [0.1, 0.15) is 40.7 Å². The molecule has 0 atom stereocenters. The normalized spacial score (nSPS) is 14.3. The van der Waals surface area contributed by atoms with Crippen molar-refractivity contribution in [2.45, 2.75) is 36.7 Å². The fraction of sp³-hybridized carbons (Fsp3) is 0.321. The molecule has 4 aromatic rings. The number of carbonyl (C=O) groups is 1. The third kappa shape index (κ3) is 6.10. The first kappa shape index (κ1) is 23.6. The highest BCUT2D eigenvalue weighted by atomic mass is 32.2. The lowest BCUT2D eigenvalue weighted by Gasteiger charge is -2.26. The SMILES string of the molecule is O=C(NCCN1CCCCC1)c1ccc(Cn2c(SCc3ccccc3)nc3ccncc32)cc1. The number of amides is 1. The zero-order chi connectivity index (χ0) is 23.9. The maximum atomic E-state index is 12.6. The summed E-state index contributed by atoms with van der Waals surface area (Å²) in [6.45, 7) is 4.59. The number of aromatic nitrogens is 3. The van der Waals surface area contributed by atoms with Gasteiger partial charge in [-0.15, -0.1) is 0 Å². The number of hydrogen-bond acceptors (Lipinski definition) is 5. The van der Waals surface area contributed by atoms with Crippen LogP contribution in [0.4, 0.5) is 0 Å². The highest BCUT2D eigenvalue weighted by Gasteiger charge is 2.14. The van der Waals surface area contributed by atoms with Crippen LogP contribution in [0.2, 0.25) is 0 Å². The number of imidazole rings is 1. The van der Waals surface area contributed by atoms with Crippen molar-refractivity contribution in [1.82, 2.24) is 24.8 Å². The van der Waals surface area contributed by atoms with E-state index < -0.39 is 0 Å². The van der Waals surface area contributed by atoms with E-state index in [0.717, 1.165) is 47.1 Å². The van der Waals surface area contributed by atoms with Crippen LogP contribution in [-0.2, 0) is 12.3 Å². The molecule has 3 heterocycles. The lowest BCUT2D eigenvalue weighted by molar-refractivity contribution is 0.0946. The molecule has 1 aliphatic rings. The van der Waals surface area contributed by atoms with E-state index in [0.29, 0.717) is 18.7 Å². The Balaban J connectivity index is 1.24. The molecular weight excluding hydrogens is 454 g/mol. The number of benzene rings is 2. The second-order valence-electron chi connectivity index (χ2n) is 8.97. The minimum absolute atomic E-state index is 0.00931.